The van der Waals surface area contributed by atoms with Crippen LogP contribution in [-0.2, 0) is 11.8 Å². The van der Waals surface area contributed by atoms with E-state index in [-0.39, 0.29) is 23.0 Å². The number of halogens is 1. The van der Waals surface area contributed by atoms with E-state index in [1.807, 2.05) is 19.1 Å². The van der Waals surface area contributed by atoms with Crippen LogP contribution in [0.3, 0.4) is 0 Å². The fraction of sp³-hybridized carbons (Fsp3) is 0.0769. The molecule has 0 atom stereocenters. The number of carbonyl (C=O) groups excluding carboxylic acids is 2. The maximum absolute atomic E-state index is 13.1. The van der Waals surface area contributed by atoms with Gasteiger partial charge in [0.15, 0.2) is 5.69 Å². The summed E-state index contributed by atoms with van der Waals surface area (Å²) in [7, 11) is 1.65. The largest absolute Gasteiger partial charge is 0.493 e. The van der Waals surface area contributed by atoms with Crippen molar-refractivity contribution in [2.75, 3.05) is 0 Å². The lowest BCUT2D eigenvalue weighted by Gasteiger charge is -2.07. The first-order valence-corrected chi connectivity index (χ1v) is 11.7. The lowest BCUT2D eigenvalue weighted by Crippen LogP contribution is -2.26. The minimum atomic E-state index is -0.884. The van der Waals surface area contributed by atoms with Crippen molar-refractivity contribution in [3.05, 3.63) is 104 Å². The van der Waals surface area contributed by atoms with Crippen molar-refractivity contribution in [3.8, 4) is 5.88 Å². The molecular formula is C26H20BrN5O5. The van der Waals surface area contributed by atoms with Crippen LogP contribution in [0.5, 0.6) is 5.88 Å². The molecule has 1 heterocycles. The van der Waals surface area contributed by atoms with E-state index in [1.54, 1.807) is 37.4 Å². The summed E-state index contributed by atoms with van der Waals surface area (Å²) in [4.78, 5) is 36.3. The van der Waals surface area contributed by atoms with Crippen molar-refractivity contribution < 1.29 is 19.6 Å². The third-order valence-corrected chi connectivity index (χ3v) is 6.10. The normalized spacial score (nSPS) is 11.7. The third-order valence-electron chi connectivity index (χ3n) is 5.50. The number of nitrogens with zero attached hydrogens (tertiary/aromatic N) is 4. The van der Waals surface area contributed by atoms with Crippen molar-refractivity contribution in [1.29, 1.82) is 0 Å². The molecule has 11 heteroatoms. The van der Waals surface area contributed by atoms with Gasteiger partial charge >= 0.3 is 5.91 Å². The monoisotopic (exact) mass is 561 g/mol. The second kappa shape index (κ2) is 10.5. The quantitative estimate of drug-likeness (QED) is 0.130. The number of azo groups is 1. The first-order valence-electron chi connectivity index (χ1n) is 10.9. The number of amides is 2. The summed E-state index contributed by atoms with van der Waals surface area (Å²) in [6, 6.07) is 17.4. The fourth-order valence-corrected chi connectivity index (χ4v) is 4.52. The van der Waals surface area contributed by atoms with Gasteiger partial charge in [0.1, 0.15) is 5.70 Å². The summed E-state index contributed by atoms with van der Waals surface area (Å²) in [5.41, 5.74) is 2.08. The Bertz CT molecular complexity index is 1590. The Morgan fingerprint density at radius 1 is 1.11 bits per heavy atom. The van der Waals surface area contributed by atoms with E-state index in [2.05, 4.69) is 31.5 Å². The highest BCUT2D eigenvalue weighted by atomic mass is 79.9. The number of nitro benzene ring substituents is 1. The molecule has 0 aliphatic rings. The molecule has 10 nitrogen and oxygen atoms in total. The maximum atomic E-state index is 13.1. The summed E-state index contributed by atoms with van der Waals surface area (Å²) in [6.07, 6.45) is 1.34. The minimum Gasteiger partial charge on any atom is -0.493 e. The van der Waals surface area contributed by atoms with Gasteiger partial charge in [-0.05, 0) is 76.5 Å². The summed E-state index contributed by atoms with van der Waals surface area (Å²) in [5.74, 6) is -1.62. The number of aryl methyl sites for hydroxylation is 2. The molecule has 0 saturated carbocycles. The van der Waals surface area contributed by atoms with Crippen LogP contribution in [0.2, 0.25) is 0 Å². The standard InChI is InChI=1S/C26H20BrN5O5/c1-15-12-19-22(26(35)31(2)23(19)20(27)13-15)29-30-25(34)21(28-24(33)17-6-4-3-5-7-17)14-16-8-10-18(11-9-16)32(36)37/h3-14,35H,1-2H3,(H,28,33)/b21-14-,30-29?. The molecule has 2 amide bonds. The Morgan fingerprint density at radius 3 is 2.43 bits per heavy atom. The highest BCUT2D eigenvalue weighted by molar-refractivity contribution is 9.10. The first kappa shape index (κ1) is 25.5. The zero-order chi connectivity index (χ0) is 26.7. The number of aromatic hydroxyl groups is 1. The molecular weight excluding hydrogens is 542 g/mol. The zero-order valence-corrected chi connectivity index (χ0v) is 21.3. The van der Waals surface area contributed by atoms with Gasteiger partial charge in [0.05, 0.1) is 10.4 Å². The smallest absolute Gasteiger partial charge is 0.311 e. The van der Waals surface area contributed by atoms with Crippen molar-refractivity contribution in [3.63, 3.8) is 0 Å². The maximum Gasteiger partial charge on any atom is 0.311 e. The van der Waals surface area contributed by atoms with Crippen LogP contribution in [0.1, 0.15) is 21.5 Å². The van der Waals surface area contributed by atoms with E-state index in [0.717, 1.165) is 10.0 Å². The number of hydrogen-bond donors (Lipinski definition) is 2. The highest BCUT2D eigenvalue weighted by Crippen LogP contribution is 2.41. The fourth-order valence-electron chi connectivity index (χ4n) is 3.68. The average molecular weight is 562 g/mol. The number of aromatic nitrogens is 1. The molecule has 0 unspecified atom stereocenters. The minimum absolute atomic E-state index is 0.0966. The lowest BCUT2D eigenvalue weighted by molar-refractivity contribution is -0.384. The molecule has 2 N–H and O–H groups in total. The Hall–Kier alpha value is -4.64. The van der Waals surface area contributed by atoms with Gasteiger partial charge < -0.3 is 15.0 Å². The van der Waals surface area contributed by atoms with Gasteiger partial charge in [-0.15, -0.1) is 10.2 Å². The predicted molar refractivity (Wildman–Crippen MR) is 142 cm³/mol. The molecule has 4 aromatic rings. The molecule has 37 heavy (non-hydrogen) atoms. The topological polar surface area (TPSA) is 139 Å². The Labute approximate surface area is 219 Å². The van der Waals surface area contributed by atoms with Gasteiger partial charge in [0, 0.05) is 34.6 Å². The number of nitro groups is 1. The molecule has 0 aliphatic heterocycles. The average Bonchev–Trinajstić information content (AvgIpc) is 3.11. The van der Waals surface area contributed by atoms with Crippen molar-refractivity contribution in [2.45, 2.75) is 6.92 Å². The summed E-state index contributed by atoms with van der Waals surface area (Å²) in [6.45, 7) is 1.88. The van der Waals surface area contributed by atoms with Crippen LogP contribution >= 0.6 is 15.9 Å². The summed E-state index contributed by atoms with van der Waals surface area (Å²) < 4.78 is 2.25. The van der Waals surface area contributed by atoms with Crippen molar-refractivity contribution in [2.24, 2.45) is 17.3 Å². The second-order valence-electron chi connectivity index (χ2n) is 8.11. The molecule has 3 aromatic carbocycles. The molecule has 4 rings (SSSR count). The third kappa shape index (κ3) is 5.46. The number of nitrogens with one attached hydrogen (secondary N) is 1. The molecule has 0 fully saturated rings. The molecule has 0 spiro atoms. The highest BCUT2D eigenvalue weighted by Gasteiger charge is 2.19. The predicted octanol–water partition coefficient (Wildman–Crippen LogP) is 5.94. The van der Waals surface area contributed by atoms with E-state index < -0.39 is 16.7 Å². The molecule has 0 saturated heterocycles. The first-order chi connectivity index (χ1) is 17.7. The number of non-ortho nitro benzene ring substituents is 1. The van der Waals surface area contributed by atoms with Gasteiger partial charge in [-0.1, -0.05) is 18.2 Å². The van der Waals surface area contributed by atoms with Crippen LogP contribution in [0.4, 0.5) is 11.4 Å². The Kier molecular flexibility index (Phi) is 7.25. The summed E-state index contributed by atoms with van der Waals surface area (Å²) >= 11 is 3.48. The molecule has 0 bridgehead atoms. The van der Waals surface area contributed by atoms with E-state index in [1.165, 1.54) is 34.9 Å². The van der Waals surface area contributed by atoms with Crippen LogP contribution < -0.4 is 5.32 Å². The number of benzene rings is 3. The Balaban J connectivity index is 1.72. The van der Waals surface area contributed by atoms with Crippen LogP contribution in [-0.4, -0.2) is 26.4 Å². The zero-order valence-electron chi connectivity index (χ0n) is 19.7. The number of rotatable bonds is 6. The van der Waals surface area contributed by atoms with Gasteiger partial charge in [-0.25, -0.2) is 0 Å². The SMILES string of the molecule is Cc1cc(Br)c2c(c1)c(N=NC(=O)/C(=C/c1ccc([N+](=O)[O-])cc1)NC(=O)c1ccccc1)c(O)n2C. The van der Waals surface area contributed by atoms with Crippen molar-refractivity contribution >= 4 is 56.1 Å². The van der Waals surface area contributed by atoms with Crippen LogP contribution in [0, 0.1) is 17.0 Å². The molecule has 0 aliphatic carbocycles. The van der Waals surface area contributed by atoms with Crippen molar-refractivity contribution in [1.82, 2.24) is 9.88 Å². The van der Waals surface area contributed by atoms with Gasteiger partial charge in [0.25, 0.3) is 11.6 Å². The van der Waals surface area contributed by atoms with Gasteiger partial charge in [0.2, 0.25) is 5.88 Å². The molecule has 186 valence electrons. The van der Waals surface area contributed by atoms with E-state index in [4.69, 9.17) is 0 Å². The van der Waals surface area contributed by atoms with Crippen LogP contribution in [0.15, 0.2) is 87.1 Å². The molecule has 1 aromatic heterocycles. The van der Waals surface area contributed by atoms with Gasteiger partial charge in [-0.3, -0.25) is 19.7 Å². The van der Waals surface area contributed by atoms with Crippen LogP contribution in [0.25, 0.3) is 17.0 Å². The van der Waals surface area contributed by atoms with E-state index in [0.29, 0.717) is 22.0 Å². The Morgan fingerprint density at radius 2 is 1.78 bits per heavy atom. The molecule has 0 radical (unpaired) electrons. The van der Waals surface area contributed by atoms with E-state index >= 15 is 0 Å². The number of fused-ring (bicyclic) bond motifs is 1. The summed E-state index contributed by atoms with van der Waals surface area (Å²) in [5, 5.41) is 32.5. The lowest BCUT2D eigenvalue weighted by atomic mass is 10.1. The van der Waals surface area contributed by atoms with Gasteiger partial charge in [-0.2, -0.15) is 0 Å². The number of carbonyl (C=O) groups is 2. The number of hydrogen-bond acceptors (Lipinski definition) is 6. The second-order valence-corrected chi connectivity index (χ2v) is 8.96. The van der Waals surface area contributed by atoms with E-state index in [9.17, 15) is 24.8 Å².